The van der Waals surface area contributed by atoms with Crippen LogP contribution < -0.4 is 5.32 Å². The van der Waals surface area contributed by atoms with Crippen LogP contribution in [0.3, 0.4) is 0 Å². The zero-order valence-electron chi connectivity index (χ0n) is 15.5. The summed E-state index contributed by atoms with van der Waals surface area (Å²) in [5.74, 6) is 0.352. The first kappa shape index (κ1) is 18.4. The maximum absolute atomic E-state index is 9.43. The summed E-state index contributed by atoms with van der Waals surface area (Å²) < 4.78 is 1.95. The normalized spacial score (nSPS) is 12.5. The minimum Gasteiger partial charge on any atom is -0.396 e. The number of aliphatic hydroxyl groups excluding tert-OH is 1. The van der Waals surface area contributed by atoms with Crippen LogP contribution in [0.4, 0.5) is 0 Å². The molecule has 4 nitrogen and oxygen atoms in total. The number of para-hydroxylation sites is 1. The van der Waals surface area contributed by atoms with E-state index in [1.54, 1.807) is 0 Å². The number of nitrogens with one attached hydrogen (secondary N) is 1. The van der Waals surface area contributed by atoms with Crippen LogP contribution in [0, 0.1) is 0 Å². The molecule has 1 heterocycles. The maximum atomic E-state index is 9.43. The van der Waals surface area contributed by atoms with E-state index in [4.69, 9.17) is 5.10 Å². The fraction of sp³-hybridized carbons (Fsp3) is 0.318. The molecule has 4 heteroatoms. The first-order valence-corrected chi connectivity index (χ1v) is 9.22. The van der Waals surface area contributed by atoms with Gasteiger partial charge in [-0.2, -0.15) is 5.10 Å². The van der Waals surface area contributed by atoms with Crippen molar-refractivity contribution in [2.45, 2.75) is 38.8 Å². The van der Waals surface area contributed by atoms with Crippen LogP contribution in [0.2, 0.25) is 0 Å². The standard InChI is InChI=1S/C22H27N3O/c1-17(2)22-19(16-25(24-22)20-11-7-4-8-12-20)15-23-21(13-14-26)18-9-5-3-6-10-18/h3-12,16-17,21,23,26H,13-15H2,1-2H3/t21-/m1/s1. The second kappa shape index (κ2) is 8.79. The van der Waals surface area contributed by atoms with Gasteiger partial charge in [-0.25, -0.2) is 4.68 Å². The van der Waals surface area contributed by atoms with Crippen LogP contribution in [0.15, 0.2) is 66.9 Å². The zero-order valence-corrected chi connectivity index (χ0v) is 15.5. The largest absolute Gasteiger partial charge is 0.396 e. The summed E-state index contributed by atoms with van der Waals surface area (Å²) in [6, 6.07) is 20.6. The molecule has 0 saturated heterocycles. The molecule has 0 bridgehead atoms. The third kappa shape index (κ3) is 4.40. The molecule has 2 N–H and O–H groups in total. The predicted molar refractivity (Wildman–Crippen MR) is 105 cm³/mol. The zero-order chi connectivity index (χ0) is 18.4. The molecule has 0 saturated carbocycles. The highest BCUT2D eigenvalue weighted by Gasteiger charge is 2.16. The Hall–Kier alpha value is -2.43. The fourth-order valence-electron chi connectivity index (χ4n) is 3.19. The average Bonchev–Trinajstić information content (AvgIpc) is 3.11. The van der Waals surface area contributed by atoms with Crippen molar-refractivity contribution >= 4 is 0 Å². The molecule has 0 aliphatic heterocycles. The van der Waals surface area contributed by atoms with Crippen molar-refractivity contribution in [1.29, 1.82) is 0 Å². The van der Waals surface area contributed by atoms with Crippen LogP contribution >= 0.6 is 0 Å². The monoisotopic (exact) mass is 349 g/mol. The van der Waals surface area contributed by atoms with Crippen molar-refractivity contribution in [3.63, 3.8) is 0 Å². The molecule has 136 valence electrons. The van der Waals surface area contributed by atoms with Gasteiger partial charge < -0.3 is 10.4 Å². The summed E-state index contributed by atoms with van der Waals surface area (Å²) in [6.07, 6.45) is 2.80. The topological polar surface area (TPSA) is 50.1 Å². The lowest BCUT2D eigenvalue weighted by atomic mass is 10.0. The summed E-state index contributed by atoms with van der Waals surface area (Å²) in [5.41, 5.74) is 4.57. The molecule has 26 heavy (non-hydrogen) atoms. The van der Waals surface area contributed by atoms with Crippen molar-refractivity contribution in [1.82, 2.24) is 15.1 Å². The lowest BCUT2D eigenvalue weighted by molar-refractivity contribution is 0.265. The number of hydrogen-bond acceptors (Lipinski definition) is 3. The highest BCUT2D eigenvalue weighted by atomic mass is 16.3. The molecule has 1 atom stereocenters. The van der Waals surface area contributed by atoms with Gasteiger partial charge in [-0.1, -0.05) is 62.4 Å². The van der Waals surface area contributed by atoms with E-state index >= 15 is 0 Å². The Balaban J connectivity index is 1.81. The molecule has 2 aromatic carbocycles. The van der Waals surface area contributed by atoms with Crippen LogP contribution in [-0.2, 0) is 6.54 Å². The number of nitrogens with zero attached hydrogens (tertiary/aromatic N) is 2. The molecule has 0 aliphatic rings. The van der Waals surface area contributed by atoms with Crippen molar-refractivity contribution in [2.24, 2.45) is 0 Å². The maximum Gasteiger partial charge on any atom is 0.0699 e. The van der Waals surface area contributed by atoms with E-state index in [1.807, 2.05) is 41.1 Å². The van der Waals surface area contributed by atoms with Gasteiger partial charge in [-0.15, -0.1) is 0 Å². The number of benzene rings is 2. The van der Waals surface area contributed by atoms with E-state index in [0.717, 1.165) is 17.9 Å². The van der Waals surface area contributed by atoms with E-state index in [2.05, 4.69) is 49.6 Å². The van der Waals surface area contributed by atoms with Gasteiger partial charge in [0.15, 0.2) is 0 Å². The van der Waals surface area contributed by atoms with Gasteiger partial charge in [0.2, 0.25) is 0 Å². The second-order valence-electron chi connectivity index (χ2n) is 6.83. The summed E-state index contributed by atoms with van der Waals surface area (Å²) in [7, 11) is 0. The first-order chi connectivity index (χ1) is 12.7. The third-order valence-corrected chi connectivity index (χ3v) is 4.55. The van der Waals surface area contributed by atoms with Crippen molar-refractivity contribution in [3.8, 4) is 5.69 Å². The van der Waals surface area contributed by atoms with Crippen LogP contribution in [0.5, 0.6) is 0 Å². The number of aromatic nitrogens is 2. The highest BCUT2D eigenvalue weighted by molar-refractivity contribution is 5.33. The Morgan fingerprint density at radius 1 is 1.00 bits per heavy atom. The summed E-state index contributed by atoms with van der Waals surface area (Å²) in [5, 5.41) is 17.8. The number of hydrogen-bond donors (Lipinski definition) is 2. The molecular formula is C22H27N3O. The summed E-state index contributed by atoms with van der Waals surface area (Å²) >= 11 is 0. The average molecular weight is 349 g/mol. The van der Waals surface area contributed by atoms with E-state index < -0.39 is 0 Å². The van der Waals surface area contributed by atoms with Crippen LogP contribution in [0.1, 0.15) is 49.0 Å². The smallest absolute Gasteiger partial charge is 0.0699 e. The van der Waals surface area contributed by atoms with Crippen molar-refractivity contribution in [3.05, 3.63) is 83.7 Å². The van der Waals surface area contributed by atoms with Crippen molar-refractivity contribution in [2.75, 3.05) is 6.61 Å². The predicted octanol–water partition coefficient (Wildman–Crippen LogP) is 4.21. The second-order valence-corrected chi connectivity index (χ2v) is 6.83. The van der Waals surface area contributed by atoms with E-state index in [-0.39, 0.29) is 12.6 Å². The minimum atomic E-state index is 0.126. The molecule has 0 spiro atoms. The lowest BCUT2D eigenvalue weighted by Crippen LogP contribution is -2.22. The highest BCUT2D eigenvalue weighted by Crippen LogP contribution is 2.22. The molecule has 3 rings (SSSR count). The van der Waals surface area contributed by atoms with Gasteiger partial charge >= 0.3 is 0 Å². The Labute approximate surface area is 155 Å². The van der Waals surface area contributed by atoms with Gasteiger partial charge in [-0.3, -0.25) is 0 Å². The van der Waals surface area contributed by atoms with Gasteiger partial charge in [0.05, 0.1) is 11.4 Å². The summed E-state index contributed by atoms with van der Waals surface area (Å²) in [4.78, 5) is 0. The van der Waals surface area contributed by atoms with Gasteiger partial charge in [0, 0.05) is 31.0 Å². The van der Waals surface area contributed by atoms with E-state index in [0.29, 0.717) is 12.3 Å². The van der Waals surface area contributed by atoms with Crippen LogP contribution in [-0.4, -0.2) is 21.5 Å². The molecule has 3 aromatic rings. The molecular weight excluding hydrogens is 322 g/mol. The number of aliphatic hydroxyl groups is 1. The Bertz CT molecular complexity index is 797. The van der Waals surface area contributed by atoms with E-state index in [9.17, 15) is 5.11 Å². The lowest BCUT2D eigenvalue weighted by Gasteiger charge is -2.18. The SMILES string of the molecule is CC(C)c1nn(-c2ccccc2)cc1CN[C@H](CCO)c1ccccc1. The first-order valence-electron chi connectivity index (χ1n) is 9.22. The molecule has 0 unspecified atom stereocenters. The quantitative estimate of drug-likeness (QED) is 0.640. The molecule has 0 radical (unpaired) electrons. The molecule has 0 fully saturated rings. The Morgan fingerprint density at radius 2 is 1.65 bits per heavy atom. The summed E-state index contributed by atoms with van der Waals surface area (Å²) in [6.45, 7) is 5.22. The minimum absolute atomic E-state index is 0.126. The fourth-order valence-corrected chi connectivity index (χ4v) is 3.19. The van der Waals surface area contributed by atoms with Gasteiger partial charge in [-0.05, 0) is 30.0 Å². The van der Waals surface area contributed by atoms with Gasteiger partial charge in [0.25, 0.3) is 0 Å². The number of rotatable bonds is 8. The molecule has 0 amide bonds. The van der Waals surface area contributed by atoms with Gasteiger partial charge in [0.1, 0.15) is 0 Å². The van der Waals surface area contributed by atoms with Crippen LogP contribution in [0.25, 0.3) is 5.69 Å². The Morgan fingerprint density at radius 3 is 2.27 bits per heavy atom. The van der Waals surface area contributed by atoms with Crippen molar-refractivity contribution < 1.29 is 5.11 Å². The Kier molecular flexibility index (Phi) is 6.21. The third-order valence-electron chi connectivity index (χ3n) is 4.55. The molecule has 0 aliphatic carbocycles. The molecule has 1 aromatic heterocycles. The van der Waals surface area contributed by atoms with E-state index in [1.165, 1.54) is 11.1 Å².